The molecular weight excluding hydrogens is 274 g/mol. The normalized spacial score (nSPS) is 21.0. The molecule has 1 atom stereocenters. The maximum atomic E-state index is 12.2. The number of hydrogen-bond donors (Lipinski definition) is 0. The molecule has 3 rings (SSSR count). The van der Waals surface area contributed by atoms with Gasteiger partial charge in [-0.1, -0.05) is 60.7 Å². The van der Waals surface area contributed by atoms with Gasteiger partial charge in [0.2, 0.25) is 5.90 Å². The van der Waals surface area contributed by atoms with E-state index in [1.807, 2.05) is 72.8 Å². The highest BCUT2D eigenvalue weighted by Crippen LogP contribution is 2.27. The van der Waals surface area contributed by atoms with Crippen molar-refractivity contribution in [1.82, 2.24) is 0 Å². The van der Waals surface area contributed by atoms with Crippen molar-refractivity contribution in [3.05, 3.63) is 77.9 Å². The zero-order valence-corrected chi connectivity index (χ0v) is 12.4. The SMILES string of the molecule is C[C@]1(C/C=C/c2ccccc2)N=C(c2ccccc2)OC1=O. The molecule has 0 spiro atoms. The summed E-state index contributed by atoms with van der Waals surface area (Å²) in [6.07, 6.45) is 4.47. The van der Waals surface area contributed by atoms with E-state index in [1.54, 1.807) is 6.92 Å². The number of carbonyl (C=O) groups is 1. The molecule has 0 unspecified atom stereocenters. The Balaban J connectivity index is 1.76. The van der Waals surface area contributed by atoms with E-state index in [2.05, 4.69) is 4.99 Å². The smallest absolute Gasteiger partial charge is 0.340 e. The highest BCUT2D eigenvalue weighted by atomic mass is 16.6. The second kappa shape index (κ2) is 5.98. The highest BCUT2D eigenvalue weighted by Gasteiger charge is 2.40. The Morgan fingerprint density at radius 2 is 1.68 bits per heavy atom. The van der Waals surface area contributed by atoms with Gasteiger partial charge in [-0.3, -0.25) is 0 Å². The van der Waals surface area contributed by atoms with Crippen molar-refractivity contribution >= 4 is 17.9 Å². The van der Waals surface area contributed by atoms with E-state index in [0.29, 0.717) is 12.3 Å². The van der Waals surface area contributed by atoms with Gasteiger partial charge in [0.25, 0.3) is 0 Å². The molecule has 0 aliphatic carbocycles. The summed E-state index contributed by atoms with van der Waals surface area (Å²) in [5, 5.41) is 0. The Hall–Kier alpha value is -2.68. The maximum Gasteiger partial charge on any atom is 0.340 e. The molecule has 0 saturated carbocycles. The summed E-state index contributed by atoms with van der Waals surface area (Å²) in [5.74, 6) is 0.102. The third-order valence-electron chi connectivity index (χ3n) is 3.62. The Morgan fingerprint density at radius 1 is 1.05 bits per heavy atom. The Kier molecular flexibility index (Phi) is 3.88. The van der Waals surface area contributed by atoms with Crippen molar-refractivity contribution in [2.75, 3.05) is 0 Å². The molecule has 0 fully saturated rings. The van der Waals surface area contributed by atoms with Gasteiger partial charge in [-0.2, -0.15) is 0 Å². The van der Waals surface area contributed by atoms with E-state index in [9.17, 15) is 4.79 Å². The minimum Gasteiger partial charge on any atom is -0.405 e. The fourth-order valence-electron chi connectivity index (χ4n) is 2.31. The molecule has 3 heteroatoms. The molecule has 110 valence electrons. The molecule has 0 aromatic heterocycles. The van der Waals surface area contributed by atoms with Gasteiger partial charge in [-0.15, -0.1) is 0 Å². The monoisotopic (exact) mass is 291 g/mol. The number of benzene rings is 2. The number of rotatable bonds is 4. The summed E-state index contributed by atoms with van der Waals surface area (Å²) in [7, 11) is 0. The van der Waals surface area contributed by atoms with Crippen LogP contribution in [0.4, 0.5) is 0 Å². The molecule has 2 aromatic rings. The Labute approximate surface area is 130 Å². The van der Waals surface area contributed by atoms with Crippen LogP contribution in [-0.4, -0.2) is 17.4 Å². The van der Waals surface area contributed by atoms with Gasteiger partial charge < -0.3 is 4.74 Å². The molecule has 3 nitrogen and oxygen atoms in total. The van der Waals surface area contributed by atoms with Crippen LogP contribution in [0.25, 0.3) is 6.08 Å². The molecule has 1 aliphatic rings. The molecule has 1 heterocycles. The summed E-state index contributed by atoms with van der Waals surface area (Å²) in [6.45, 7) is 1.81. The van der Waals surface area contributed by atoms with E-state index >= 15 is 0 Å². The lowest BCUT2D eigenvalue weighted by Crippen LogP contribution is -2.29. The molecule has 0 N–H and O–H groups in total. The molecule has 0 saturated heterocycles. The Bertz CT molecular complexity index is 720. The van der Waals surface area contributed by atoms with Crippen LogP contribution >= 0.6 is 0 Å². The minimum absolute atomic E-state index is 0.302. The molecule has 1 aliphatic heterocycles. The number of ether oxygens (including phenoxy) is 1. The van der Waals surface area contributed by atoms with Gasteiger partial charge in [-0.25, -0.2) is 9.79 Å². The van der Waals surface area contributed by atoms with Crippen molar-refractivity contribution < 1.29 is 9.53 Å². The standard InChI is InChI=1S/C19H17NO2/c1-19(14-8-11-15-9-4-2-5-10-15)18(21)22-17(20-19)16-12-6-3-7-13-16/h2-13H,14H2,1H3/b11-8+/t19-/m1/s1. The second-order valence-corrected chi connectivity index (χ2v) is 5.46. The van der Waals surface area contributed by atoms with Crippen LogP contribution in [0.2, 0.25) is 0 Å². The van der Waals surface area contributed by atoms with Crippen molar-refractivity contribution in [2.24, 2.45) is 4.99 Å². The fourth-order valence-corrected chi connectivity index (χ4v) is 2.31. The highest BCUT2D eigenvalue weighted by molar-refractivity contribution is 6.07. The molecule has 22 heavy (non-hydrogen) atoms. The summed E-state index contributed by atoms with van der Waals surface area (Å²) >= 11 is 0. The van der Waals surface area contributed by atoms with Gasteiger partial charge >= 0.3 is 5.97 Å². The number of esters is 1. The third-order valence-corrected chi connectivity index (χ3v) is 3.62. The molecule has 0 radical (unpaired) electrons. The molecule has 0 bridgehead atoms. The van der Waals surface area contributed by atoms with Gasteiger partial charge in [0, 0.05) is 12.0 Å². The first-order valence-corrected chi connectivity index (χ1v) is 7.26. The van der Waals surface area contributed by atoms with E-state index < -0.39 is 5.54 Å². The predicted octanol–water partition coefficient (Wildman–Crippen LogP) is 3.85. The first kappa shape index (κ1) is 14.3. The number of aliphatic imine (C=N–C) groups is 1. The first-order chi connectivity index (χ1) is 10.7. The van der Waals surface area contributed by atoms with Crippen LogP contribution in [-0.2, 0) is 9.53 Å². The average molecular weight is 291 g/mol. The number of nitrogens with zero attached hydrogens (tertiary/aromatic N) is 1. The van der Waals surface area contributed by atoms with E-state index in [1.165, 1.54) is 0 Å². The van der Waals surface area contributed by atoms with Crippen LogP contribution in [0.15, 0.2) is 71.7 Å². The summed E-state index contributed by atoms with van der Waals surface area (Å²) in [4.78, 5) is 16.6. The lowest BCUT2D eigenvalue weighted by Gasteiger charge is -2.12. The van der Waals surface area contributed by atoms with Gasteiger partial charge in [0.1, 0.15) is 0 Å². The van der Waals surface area contributed by atoms with E-state index in [4.69, 9.17) is 4.74 Å². The third kappa shape index (κ3) is 2.98. The van der Waals surface area contributed by atoms with Gasteiger partial charge in [0.05, 0.1) is 0 Å². The molecule has 2 aromatic carbocycles. The van der Waals surface area contributed by atoms with Crippen molar-refractivity contribution in [1.29, 1.82) is 0 Å². The number of carbonyl (C=O) groups excluding carboxylic acids is 1. The van der Waals surface area contributed by atoms with Gasteiger partial charge in [0.15, 0.2) is 5.54 Å². The van der Waals surface area contributed by atoms with Crippen LogP contribution < -0.4 is 0 Å². The number of hydrogen-bond acceptors (Lipinski definition) is 3. The van der Waals surface area contributed by atoms with Crippen LogP contribution in [0, 0.1) is 0 Å². The molecule has 0 amide bonds. The minimum atomic E-state index is -0.851. The van der Waals surface area contributed by atoms with Crippen molar-refractivity contribution in [2.45, 2.75) is 18.9 Å². The number of cyclic esters (lactones) is 1. The maximum absolute atomic E-state index is 12.2. The van der Waals surface area contributed by atoms with Crippen LogP contribution in [0.5, 0.6) is 0 Å². The largest absolute Gasteiger partial charge is 0.405 e. The summed E-state index contributed by atoms with van der Waals surface area (Å²) in [5.41, 5.74) is 1.08. The van der Waals surface area contributed by atoms with Crippen LogP contribution in [0.3, 0.4) is 0 Å². The van der Waals surface area contributed by atoms with Crippen molar-refractivity contribution in [3.8, 4) is 0 Å². The topological polar surface area (TPSA) is 38.7 Å². The summed E-state index contributed by atoms with van der Waals surface area (Å²) in [6, 6.07) is 19.5. The Morgan fingerprint density at radius 3 is 2.36 bits per heavy atom. The second-order valence-electron chi connectivity index (χ2n) is 5.46. The first-order valence-electron chi connectivity index (χ1n) is 7.26. The lowest BCUT2D eigenvalue weighted by atomic mass is 9.99. The van der Waals surface area contributed by atoms with Gasteiger partial charge in [-0.05, 0) is 24.6 Å². The van der Waals surface area contributed by atoms with E-state index in [-0.39, 0.29) is 5.97 Å². The quantitative estimate of drug-likeness (QED) is 0.802. The lowest BCUT2D eigenvalue weighted by molar-refractivity contribution is -0.138. The molecular formula is C19H17NO2. The average Bonchev–Trinajstić information content (AvgIpc) is 2.85. The van der Waals surface area contributed by atoms with E-state index in [0.717, 1.165) is 11.1 Å². The fraction of sp³-hybridized carbons (Fsp3) is 0.158. The zero-order valence-electron chi connectivity index (χ0n) is 12.4. The van der Waals surface area contributed by atoms with Crippen LogP contribution in [0.1, 0.15) is 24.5 Å². The zero-order chi connectivity index (χ0) is 15.4. The predicted molar refractivity (Wildman–Crippen MR) is 87.6 cm³/mol. The van der Waals surface area contributed by atoms with Crippen molar-refractivity contribution in [3.63, 3.8) is 0 Å². The summed E-state index contributed by atoms with van der Waals surface area (Å²) < 4.78 is 5.34.